The van der Waals surface area contributed by atoms with Crippen LogP contribution < -0.4 is 0 Å². The molecule has 0 unspecified atom stereocenters. The highest BCUT2D eigenvalue weighted by molar-refractivity contribution is 5.77. The maximum atomic E-state index is 13.4. The topological polar surface area (TPSA) is 492 Å². The van der Waals surface area contributed by atoms with Crippen molar-refractivity contribution in [2.45, 2.75) is 291 Å². The van der Waals surface area contributed by atoms with Gasteiger partial charge in [0.05, 0.1) is 62.9 Å². The fourth-order valence-electron chi connectivity index (χ4n) is 18.8. The second kappa shape index (κ2) is 27.1. The van der Waals surface area contributed by atoms with Crippen LogP contribution in [0.15, 0.2) is 11.6 Å². The highest BCUT2D eigenvalue weighted by Gasteiger charge is 2.72. The summed E-state index contributed by atoms with van der Waals surface area (Å²) in [5, 5.41) is 201. The predicted molar refractivity (Wildman–Crippen MR) is 312 cm³/mol. The number of aliphatic hydroxyl groups excluding tert-OH is 17. The Morgan fingerprint density at radius 2 is 1.04 bits per heavy atom. The Labute approximate surface area is 543 Å². The molecule has 0 radical (unpaired) electrons. The molecule has 31 nitrogen and oxygen atoms in total. The van der Waals surface area contributed by atoms with Gasteiger partial charge in [0, 0.05) is 0 Å². The summed E-state index contributed by atoms with van der Waals surface area (Å²) in [6.07, 6.45) is -46.4. The third-order valence-electron chi connectivity index (χ3n) is 24.6. The van der Waals surface area contributed by atoms with Crippen LogP contribution in [-0.4, -0.2) is 315 Å². The van der Waals surface area contributed by atoms with Crippen molar-refractivity contribution in [3.8, 4) is 0 Å². The zero-order chi connectivity index (χ0) is 68.6. The molecule has 37 atom stereocenters. The minimum Gasteiger partial charge on any atom is -0.481 e. The minimum absolute atomic E-state index is 0.0292. The van der Waals surface area contributed by atoms with Gasteiger partial charge in [0.1, 0.15) is 122 Å². The molecule has 0 aromatic rings. The van der Waals surface area contributed by atoms with Crippen molar-refractivity contribution in [2.75, 3.05) is 33.0 Å². The Morgan fingerprint density at radius 3 is 1.67 bits per heavy atom. The summed E-state index contributed by atoms with van der Waals surface area (Å²) in [5.41, 5.74) is -2.87. The maximum absolute atomic E-state index is 13.4. The van der Waals surface area contributed by atoms with E-state index in [-0.39, 0.29) is 36.0 Å². The minimum atomic E-state index is -2.21. The Balaban J connectivity index is 0.907. The second-order valence-corrected chi connectivity index (χ2v) is 30.7. The number of rotatable bonds is 15. The average molecular weight is 1360 g/mol. The van der Waals surface area contributed by atoms with Gasteiger partial charge in [-0.05, 0) is 103 Å². The second-order valence-electron chi connectivity index (χ2n) is 30.7. The number of fused-ring (bicyclic) bond motifs is 7. The van der Waals surface area contributed by atoms with Crippen LogP contribution in [0, 0.1) is 50.2 Å². The van der Waals surface area contributed by atoms with E-state index in [2.05, 4.69) is 26.8 Å². The van der Waals surface area contributed by atoms with Crippen molar-refractivity contribution in [1.29, 1.82) is 0 Å². The first kappa shape index (κ1) is 73.3. The van der Waals surface area contributed by atoms with E-state index in [1.165, 1.54) is 6.92 Å². The third kappa shape index (κ3) is 12.3. The van der Waals surface area contributed by atoms with Gasteiger partial charge in [-0.25, -0.2) is 0 Å². The average Bonchev–Trinajstić information content (AvgIpc) is 0.674. The first-order valence-electron chi connectivity index (χ1n) is 33.1. The summed E-state index contributed by atoms with van der Waals surface area (Å²) in [6, 6.07) is 0. The molecule has 0 amide bonds. The van der Waals surface area contributed by atoms with Gasteiger partial charge in [-0.15, -0.1) is 0 Å². The molecule has 4 saturated carbocycles. The van der Waals surface area contributed by atoms with Gasteiger partial charge in [-0.3, -0.25) is 4.79 Å². The van der Waals surface area contributed by atoms with E-state index in [0.29, 0.717) is 38.5 Å². The number of carboxylic acid groups (broad SMARTS) is 1. The molecule has 11 rings (SSSR count). The van der Waals surface area contributed by atoms with E-state index >= 15 is 0 Å². The largest absolute Gasteiger partial charge is 0.481 e. The lowest BCUT2D eigenvalue weighted by molar-refractivity contribution is -0.407. The molecule has 94 heavy (non-hydrogen) atoms. The Morgan fingerprint density at radius 1 is 0.500 bits per heavy atom. The molecule has 0 bridgehead atoms. The molecular weight excluding hydrogens is 1250 g/mol. The molecule has 31 heteroatoms. The standard InChI is InChI=1S/C63H102O31/c1-23-35(70)39(74)43(78)54(86-23)93-48-40(75)38(73)29(18-64)87-55(48)91-47-31(89-51-41(76)36(71)27(67)20-83-51)22-85-53(45(47)80)92-49-44(79)46(90-52-42(77)37(72)28(68)21-84-52)30(19-65)88-56(49)94-50-26(66)16-60(6)32(59(50,4)5)11-12-62(8)33(60)10-9-24-25-15-58(2,3)34(69)17-63(25,57(81)82)14-13-61(24,62)7/h9,23,25-56,64-80H,10-22H2,1-8H3,(H,81,82)/t23-,25-,26+,27-,28+,29+,30+,31+,32-,33+,34-,35-,36-,37-,38+,39+,40-,41+,42+,43+,44-,45+,46+,47-,48+,49+,50-,51-,52-,53-,54-,55-,56-,60-,61+,62+,63+/m0/s1. The number of hydrogen-bond acceptors (Lipinski definition) is 30. The summed E-state index contributed by atoms with van der Waals surface area (Å²) in [6.45, 7) is 12.3. The number of hydrogen-bond donors (Lipinski definition) is 18. The van der Waals surface area contributed by atoms with Gasteiger partial charge >= 0.3 is 5.97 Å². The molecule has 0 aromatic heterocycles. The van der Waals surface area contributed by atoms with Crippen LogP contribution in [-0.2, 0) is 61.6 Å². The fourth-order valence-corrected chi connectivity index (χ4v) is 18.8. The van der Waals surface area contributed by atoms with Crippen LogP contribution >= 0.6 is 0 Å². The normalized spacial score (nSPS) is 55.1. The van der Waals surface area contributed by atoms with Crippen LogP contribution in [0.1, 0.15) is 107 Å². The zero-order valence-electron chi connectivity index (χ0n) is 54.2. The monoisotopic (exact) mass is 1350 g/mol. The van der Waals surface area contributed by atoms with Gasteiger partial charge < -0.3 is 149 Å². The zero-order valence-corrected chi connectivity index (χ0v) is 54.2. The van der Waals surface area contributed by atoms with E-state index in [1.807, 2.05) is 27.7 Å². The maximum Gasteiger partial charge on any atom is 0.310 e. The summed E-state index contributed by atoms with van der Waals surface area (Å²) >= 11 is 0. The third-order valence-corrected chi connectivity index (χ3v) is 24.6. The molecule has 18 N–H and O–H groups in total. The fraction of sp³-hybridized carbons (Fsp3) is 0.952. The predicted octanol–water partition coefficient (Wildman–Crippen LogP) is -4.93. The Bertz CT molecular complexity index is 2660. The van der Waals surface area contributed by atoms with Crippen molar-refractivity contribution in [3.05, 3.63) is 11.6 Å². The molecule has 11 aliphatic rings. The molecule has 6 saturated heterocycles. The first-order chi connectivity index (χ1) is 44.0. The summed E-state index contributed by atoms with van der Waals surface area (Å²) in [4.78, 5) is 13.4. The quantitative estimate of drug-likeness (QED) is 0.0540. The van der Waals surface area contributed by atoms with Crippen molar-refractivity contribution in [2.24, 2.45) is 50.2 Å². The van der Waals surface area contributed by atoms with Gasteiger partial charge in [0.25, 0.3) is 0 Å². The molecule has 10 fully saturated rings. The van der Waals surface area contributed by atoms with Gasteiger partial charge in [-0.1, -0.05) is 60.1 Å². The van der Waals surface area contributed by atoms with Crippen molar-refractivity contribution < 1.29 is 154 Å². The molecule has 0 spiro atoms. The number of aliphatic carboxylic acids is 1. The van der Waals surface area contributed by atoms with Crippen LogP contribution in [0.3, 0.4) is 0 Å². The lowest BCUT2D eigenvalue weighted by Gasteiger charge is -2.71. The van der Waals surface area contributed by atoms with Gasteiger partial charge in [-0.2, -0.15) is 0 Å². The van der Waals surface area contributed by atoms with Crippen LogP contribution in [0.4, 0.5) is 0 Å². The lowest BCUT2D eigenvalue weighted by Crippen LogP contribution is -2.69. The summed E-state index contributed by atoms with van der Waals surface area (Å²) < 4.78 is 73.4. The van der Waals surface area contributed by atoms with E-state index in [4.69, 9.17) is 56.8 Å². The number of ether oxygens (including phenoxy) is 12. The first-order valence-corrected chi connectivity index (χ1v) is 33.1. The van der Waals surface area contributed by atoms with E-state index in [1.54, 1.807) is 0 Å². The summed E-state index contributed by atoms with van der Waals surface area (Å²) in [7, 11) is 0. The number of allylic oxidation sites excluding steroid dienone is 2. The van der Waals surface area contributed by atoms with Crippen LogP contribution in [0.25, 0.3) is 0 Å². The highest BCUT2D eigenvalue weighted by atomic mass is 16.8. The van der Waals surface area contributed by atoms with E-state index in [9.17, 15) is 96.7 Å². The Kier molecular flexibility index (Phi) is 21.1. The Hall–Kier alpha value is -1.95. The van der Waals surface area contributed by atoms with E-state index < -0.39 is 250 Å². The van der Waals surface area contributed by atoms with Crippen molar-refractivity contribution in [3.63, 3.8) is 0 Å². The highest BCUT2D eigenvalue weighted by Crippen LogP contribution is 2.76. The molecular formula is C63H102O31. The smallest absolute Gasteiger partial charge is 0.310 e. The molecule has 6 aliphatic heterocycles. The molecule has 6 heterocycles. The van der Waals surface area contributed by atoms with Crippen LogP contribution in [0.5, 0.6) is 0 Å². The SMILES string of the molecule is C[C@@H]1O[C@@H](O[C@H]2[C@H](O[C@@H]3[C@@H](O)[C@H](O[C@H]4[C@H](O[C@H]5[C@H](O)C[C@]6(C)[C@H]7CC=C8[C@@H]9CC(C)(C)[C@@H](O)C[C@]9(C(=O)O)CC[C@@]8(C)[C@]7(C)CC[C@H]6C5(C)C)O[C@H](CO)[C@@H](O[C@@H]5OC[C@@H](O)[C@H](O)[C@H]5O)[C@@H]4O)OC[C@H]3O[C@@H]3OC[C@H](O)[C@H](O)[C@H]3O)O[C@H](CO)[C@@H](O)[C@@H]2O)[C@H](O)[C@H](O)[C@H]1O. The van der Waals surface area contributed by atoms with E-state index in [0.717, 1.165) is 5.57 Å². The molecule has 540 valence electrons. The number of aliphatic hydroxyl groups is 17. The van der Waals surface area contributed by atoms with Gasteiger partial charge in [0.15, 0.2) is 37.7 Å². The lowest BCUT2D eigenvalue weighted by atomic mass is 9.33. The van der Waals surface area contributed by atoms with Crippen molar-refractivity contribution >= 4 is 5.97 Å². The molecule has 5 aliphatic carbocycles. The number of carbonyl (C=O) groups is 1. The van der Waals surface area contributed by atoms with Crippen LogP contribution in [0.2, 0.25) is 0 Å². The van der Waals surface area contributed by atoms with Gasteiger partial charge in [0.2, 0.25) is 0 Å². The summed E-state index contributed by atoms with van der Waals surface area (Å²) in [5.74, 6) is -1.41. The molecule has 0 aromatic carbocycles. The van der Waals surface area contributed by atoms with Crippen molar-refractivity contribution in [1.82, 2.24) is 0 Å². The number of carboxylic acids is 1.